The van der Waals surface area contributed by atoms with E-state index in [1.54, 1.807) is 0 Å². The van der Waals surface area contributed by atoms with Crippen molar-refractivity contribution in [2.45, 2.75) is 45.3 Å². The van der Waals surface area contributed by atoms with E-state index >= 15 is 0 Å². The summed E-state index contributed by atoms with van der Waals surface area (Å²) in [6.45, 7) is 5.10. The lowest BCUT2D eigenvalue weighted by atomic mass is 10.0. The first kappa shape index (κ1) is 12.5. The maximum atomic E-state index is 11.5. The Morgan fingerprint density at radius 1 is 1.67 bits per heavy atom. The molecule has 2 unspecified atom stereocenters. The summed E-state index contributed by atoms with van der Waals surface area (Å²) in [6.07, 6.45) is 3.00. The molecule has 0 amide bonds. The topological polar surface area (TPSA) is 61.6 Å². The molecule has 0 aromatic carbocycles. The summed E-state index contributed by atoms with van der Waals surface area (Å²) in [5, 5.41) is 0. The fraction of sp³-hybridized carbons (Fsp3) is 0.909. The van der Waals surface area contributed by atoms with Crippen LogP contribution in [0.25, 0.3) is 0 Å². The molecular formula is C11H21NO3. The van der Waals surface area contributed by atoms with Gasteiger partial charge in [0.2, 0.25) is 0 Å². The average molecular weight is 215 g/mol. The number of rotatable bonds is 5. The second kappa shape index (κ2) is 6.08. The van der Waals surface area contributed by atoms with E-state index < -0.39 is 6.04 Å². The van der Waals surface area contributed by atoms with Crippen molar-refractivity contribution in [3.63, 3.8) is 0 Å². The molecule has 1 heterocycles. The van der Waals surface area contributed by atoms with Gasteiger partial charge in [-0.1, -0.05) is 20.3 Å². The first-order valence-corrected chi connectivity index (χ1v) is 5.69. The number of hydrogen-bond acceptors (Lipinski definition) is 4. The molecule has 1 aliphatic rings. The highest BCUT2D eigenvalue weighted by molar-refractivity contribution is 5.75. The molecule has 4 nitrogen and oxygen atoms in total. The van der Waals surface area contributed by atoms with E-state index in [9.17, 15) is 4.79 Å². The normalized spacial score (nSPS) is 24.9. The van der Waals surface area contributed by atoms with E-state index in [1.165, 1.54) is 0 Å². The van der Waals surface area contributed by atoms with Crippen LogP contribution in [0.1, 0.15) is 33.1 Å². The molecule has 1 rings (SSSR count). The van der Waals surface area contributed by atoms with E-state index in [0.717, 1.165) is 25.9 Å². The third-order valence-corrected chi connectivity index (χ3v) is 2.96. The predicted octanol–water partition coefficient (Wildman–Crippen LogP) is 1.08. The SMILES string of the molecule is CCC(C)[C@H](N)C(=O)OCC1CCCO1. The van der Waals surface area contributed by atoms with Crippen molar-refractivity contribution in [3.05, 3.63) is 0 Å². The van der Waals surface area contributed by atoms with E-state index in [2.05, 4.69) is 0 Å². The number of nitrogens with two attached hydrogens (primary N) is 1. The lowest BCUT2D eigenvalue weighted by Crippen LogP contribution is -2.39. The van der Waals surface area contributed by atoms with Gasteiger partial charge in [-0.3, -0.25) is 4.79 Å². The van der Waals surface area contributed by atoms with Gasteiger partial charge in [-0.05, 0) is 18.8 Å². The third kappa shape index (κ3) is 3.80. The fourth-order valence-electron chi connectivity index (χ4n) is 1.53. The molecule has 0 aliphatic carbocycles. The molecule has 0 spiro atoms. The summed E-state index contributed by atoms with van der Waals surface area (Å²) < 4.78 is 10.5. The summed E-state index contributed by atoms with van der Waals surface area (Å²) in [4.78, 5) is 11.5. The van der Waals surface area contributed by atoms with Crippen LogP contribution >= 0.6 is 0 Å². The van der Waals surface area contributed by atoms with Crippen molar-refractivity contribution in [3.8, 4) is 0 Å². The molecular weight excluding hydrogens is 194 g/mol. The Hall–Kier alpha value is -0.610. The van der Waals surface area contributed by atoms with Crippen molar-refractivity contribution >= 4 is 5.97 Å². The summed E-state index contributed by atoms with van der Waals surface area (Å²) >= 11 is 0. The van der Waals surface area contributed by atoms with Gasteiger partial charge in [0.1, 0.15) is 12.6 Å². The first-order valence-electron chi connectivity index (χ1n) is 5.69. The van der Waals surface area contributed by atoms with Gasteiger partial charge < -0.3 is 15.2 Å². The zero-order chi connectivity index (χ0) is 11.3. The van der Waals surface area contributed by atoms with Crippen LogP contribution in [-0.4, -0.2) is 31.3 Å². The van der Waals surface area contributed by atoms with Gasteiger partial charge >= 0.3 is 5.97 Å². The van der Waals surface area contributed by atoms with Crippen molar-refractivity contribution in [1.82, 2.24) is 0 Å². The van der Waals surface area contributed by atoms with E-state index in [0.29, 0.717) is 6.61 Å². The van der Waals surface area contributed by atoms with Gasteiger partial charge in [-0.15, -0.1) is 0 Å². The van der Waals surface area contributed by atoms with Crippen LogP contribution in [0.15, 0.2) is 0 Å². The molecule has 1 aliphatic heterocycles. The largest absolute Gasteiger partial charge is 0.462 e. The molecule has 0 saturated carbocycles. The molecule has 3 atom stereocenters. The summed E-state index contributed by atoms with van der Waals surface area (Å²) in [5.74, 6) is -0.137. The fourth-order valence-corrected chi connectivity index (χ4v) is 1.53. The quantitative estimate of drug-likeness (QED) is 0.697. The van der Waals surface area contributed by atoms with Crippen molar-refractivity contribution in [1.29, 1.82) is 0 Å². The second-order valence-corrected chi connectivity index (χ2v) is 4.18. The molecule has 1 fully saturated rings. The number of esters is 1. The highest BCUT2D eigenvalue weighted by Crippen LogP contribution is 2.13. The van der Waals surface area contributed by atoms with Crippen molar-refractivity contribution in [2.75, 3.05) is 13.2 Å². The molecule has 1 saturated heterocycles. The maximum Gasteiger partial charge on any atom is 0.323 e. The Morgan fingerprint density at radius 2 is 2.40 bits per heavy atom. The van der Waals surface area contributed by atoms with Crippen LogP contribution in [0.2, 0.25) is 0 Å². The smallest absolute Gasteiger partial charge is 0.323 e. The molecule has 0 radical (unpaired) electrons. The van der Waals surface area contributed by atoms with E-state index in [4.69, 9.17) is 15.2 Å². The summed E-state index contributed by atoms with van der Waals surface area (Å²) in [6, 6.07) is -0.503. The van der Waals surface area contributed by atoms with Gasteiger partial charge in [-0.2, -0.15) is 0 Å². The minimum atomic E-state index is -0.503. The minimum absolute atomic E-state index is 0.0816. The Kier molecular flexibility index (Phi) is 5.05. The highest BCUT2D eigenvalue weighted by Gasteiger charge is 2.23. The number of ether oxygens (including phenoxy) is 2. The molecule has 15 heavy (non-hydrogen) atoms. The average Bonchev–Trinajstić information content (AvgIpc) is 2.76. The number of hydrogen-bond donors (Lipinski definition) is 1. The lowest BCUT2D eigenvalue weighted by Gasteiger charge is -2.18. The maximum absolute atomic E-state index is 11.5. The van der Waals surface area contributed by atoms with E-state index in [-0.39, 0.29) is 18.0 Å². The molecule has 0 aromatic heterocycles. The Balaban J connectivity index is 2.22. The lowest BCUT2D eigenvalue weighted by molar-refractivity contribution is -0.149. The van der Waals surface area contributed by atoms with Gasteiger partial charge in [-0.25, -0.2) is 0 Å². The Bertz CT molecular complexity index is 202. The van der Waals surface area contributed by atoms with Crippen LogP contribution in [0, 0.1) is 5.92 Å². The van der Waals surface area contributed by atoms with Crippen LogP contribution < -0.4 is 5.73 Å². The van der Waals surface area contributed by atoms with Gasteiger partial charge in [0, 0.05) is 6.61 Å². The van der Waals surface area contributed by atoms with Crippen LogP contribution in [0.4, 0.5) is 0 Å². The molecule has 2 N–H and O–H groups in total. The van der Waals surface area contributed by atoms with Crippen molar-refractivity contribution < 1.29 is 14.3 Å². The minimum Gasteiger partial charge on any atom is -0.462 e. The van der Waals surface area contributed by atoms with Crippen LogP contribution in [0.5, 0.6) is 0 Å². The van der Waals surface area contributed by atoms with E-state index in [1.807, 2.05) is 13.8 Å². The van der Waals surface area contributed by atoms with Gasteiger partial charge in [0.25, 0.3) is 0 Å². The predicted molar refractivity (Wildman–Crippen MR) is 57.4 cm³/mol. The standard InChI is InChI=1S/C11H21NO3/c1-3-8(2)10(12)11(13)15-7-9-5-4-6-14-9/h8-10H,3-7,12H2,1-2H3/t8?,9?,10-/m0/s1. The number of carbonyl (C=O) groups excluding carboxylic acids is 1. The number of carbonyl (C=O) groups is 1. The first-order chi connectivity index (χ1) is 7.15. The summed E-state index contributed by atoms with van der Waals surface area (Å²) in [7, 11) is 0. The Labute approximate surface area is 91.1 Å². The molecule has 88 valence electrons. The summed E-state index contributed by atoms with van der Waals surface area (Å²) in [5.41, 5.74) is 5.74. The van der Waals surface area contributed by atoms with Crippen LogP contribution in [-0.2, 0) is 14.3 Å². The second-order valence-electron chi connectivity index (χ2n) is 4.18. The van der Waals surface area contributed by atoms with Gasteiger partial charge in [0.05, 0.1) is 6.10 Å². The highest BCUT2D eigenvalue weighted by atomic mass is 16.6. The zero-order valence-corrected chi connectivity index (χ0v) is 9.57. The molecule has 4 heteroatoms. The Morgan fingerprint density at radius 3 is 2.93 bits per heavy atom. The van der Waals surface area contributed by atoms with Crippen molar-refractivity contribution in [2.24, 2.45) is 11.7 Å². The monoisotopic (exact) mass is 215 g/mol. The third-order valence-electron chi connectivity index (χ3n) is 2.96. The zero-order valence-electron chi connectivity index (χ0n) is 9.57. The molecule has 0 aromatic rings. The molecule has 0 bridgehead atoms. The van der Waals surface area contributed by atoms with Gasteiger partial charge in [0.15, 0.2) is 0 Å². The van der Waals surface area contributed by atoms with Crippen LogP contribution in [0.3, 0.4) is 0 Å².